The number of rotatable bonds is 4. The molecule has 4 aromatic carbocycles. The molecule has 182 valence electrons. The van der Waals surface area contributed by atoms with Crippen molar-refractivity contribution in [1.29, 1.82) is 0 Å². The van der Waals surface area contributed by atoms with Gasteiger partial charge in [0.05, 0.1) is 22.8 Å². The first-order valence-corrected chi connectivity index (χ1v) is 13.5. The van der Waals surface area contributed by atoms with Crippen LogP contribution in [0.5, 0.6) is 0 Å². The van der Waals surface area contributed by atoms with Gasteiger partial charge in [-0.2, -0.15) is 0 Å². The van der Waals surface area contributed by atoms with Crippen molar-refractivity contribution in [2.45, 2.75) is 6.92 Å². The predicted octanol–water partition coefficient (Wildman–Crippen LogP) is 7.15. The first-order valence-electron chi connectivity index (χ1n) is 11.9. The number of thiazole rings is 1. The van der Waals surface area contributed by atoms with Gasteiger partial charge in [0.25, 0.3) is 5.56 Å². The van der Waals surface area contributed by atoms with E-state index in [1.807, 2.05) is 83.9 Å². The Morgan fingerprint density at radius 1 is 0.838 bits per heavy atom. The minimum absolute atomic E-state index is 0.0945. The van der Waals surface area contributed by atoms with Gasteiger partial charge in [0, 0.05) is 16.9 Å². The minimum atomic E-state index is -0.0945. The Hall–Kier alpha value is -3.94. The SMILES string of the molecule is Cc1c(-n2c(-c3ccc(Br)cc3)csc2=Nc2ccc3ccccc3c2)c(=O)n(-c2ccccc2)n1C. The summed E-state index contributed by atoms with van der Waals surface area (Å²) in [5, 5.41) is 4.37. The number of nitrogens with zero attached hydrogens (tertiary/aromatic N) is 4. The minimum Gasteiger partial charge on any atom is -0.283 e. The molecule has 0 aliphatic rings. The Morgan fingerprint density at radius 3 is 2.30 bits per heavy atom. The topological polar surface area (TPSA) is 44.2 Å². The quantitative estimate of drug-likeness (QED) is 0.223. The molecule has 0 atom stereocenters. The second kappa shape index (κ2) is 9.50. The first-order chi connectivity index (χ1) is 18.0. The molecule has 0 aliphatic heterocycles. The van der Waals surface area contributed by atoms with Crippen LogP contribution in [-0.4, -0.2) is 13.9 Å². The summed E-state index contributed by atoms with van der Waals surface area (Å²) in [5.41, 5.74) is 4.93. The van der Waals surface area contributed by atoms with Crippen molar-refractivity contribution in [2.24, 2.45) is 12.0 Å². The fourth-order valence-corrected chi connectivity index (χ4v) is 5.77. The van der Waals surface area contributed by atoms with E-state index in [0.717, 1.165) is 43.0 Å². The molecule has 5 nitrogen and oxygen atoms in total. The molecule has 2 aromatic heterocycles. The number of hydrogen-bond donors (Lipinski definition) is 0. The van der Waals surface area contributed by atoms with Crippen molar-refractivity contribution < 1.29 is 0 Å². The predicted molar refractivity (Wildman–Crippen MR) is 155 cm³/mol. The molecule has 0 N–H and O–H groups in total. The van der Waals surface area contributed by atoms with Gasteiger partial charge in [0.15, 0.2) is 4.80 Å². The van der Waals surface area contributed by atoms with Crippen molar-refractivity contribution in [2.75, 3.05) is 0 Å². The smallest absolute Gasteiger partial charge is 0.283 e. The molecular formula is C30H23BrN4OS. The van der Waals surface area contributed by atoms with E-state index in [1.54, 1.807) is 4.68 Å². The van der Waals surface area contributed by atoms with Crippen LogP contribution >= 0.6 is 27.3 Å². The maximum atomic E-state index is 14.0. The lowest BCUT2D eigenvalue weighted by atomic mass is 10.1. The van der Waals surface area contributed by atoms with Gasteiger partial charge in [-0.25, -0.2) is 9.67 Å². The number of halogens is 1. The van der Waals surface area contributed by atoms with Gasteiger partial charge in [0.2, 0.25) is 0 Å². The van der Waals surface area contributed by atoms with Gasteiger partial charge in [0.1, 0.15) is 5.69 Å². The molecule has 0 aliphatic carbocycles. The van der Waals surface area contributed by atoms with Crippen LogP contribution in [0.3, 0.4) is 0 Å². The highest BCUT2D eigenvalue weighted by Gasteiger charge is 2.22. The number of aromatic nitrogens is 3. The highest BCUT2D eigenvalue weighted by atomic mass is 79.9. The van der Waals surface area contributed by atoms with Crippen LogP contribution in [0.1, 0.15) is 5.69 Å². The van der Waals surface area contributed by atoms with Crippen LogP contribution in [0.15, 0.2) is 117 Å². The van der Waals surface area contributed by atoms with Gasteiger partial charge in [-0.3, -0.25) is 14.0 Å². The van der Waals surface area contributed by atoms with Crippen LogP contribution < -0.4 is 10.4 Å². The molecule has 7 heteroatoms. The second-order valence-corrected chi connectivity index (χ2v) is 10.6. The lowest BCUT2D eigenvalue weighted by molar-refractivity contribution is 0.630. The summed E-state index contributed by atoms with van der Waals surface area (Å²) in [5.74, 6) is 0. The summed E-state index contributed by atoms with van der Waals surface area (Å²) in [6, 6.07) is 32.3. The Labute approximate surface area is 226 Å². The summed E-state index contributed by atoms with van der Waals surface area (Å²) < 4.78 is 6.62. The van der Waals surface area contributed by atoms with E-state index in [4.69, 9.17) is 4.99 Å². The lowest BCUT2D eigenvalue weighted by Gasteiger charge is -2.09. The Morgan fingerprint density at radius 2 is 1.54 bits per heavy atom. The van der Waals surface area contributed by atoms with Crippen molar-refractivity contribution in [3.8, 4) is 22.6 Å². The normalized spacial score (nSPS) is 11.9. The zero-order valence-electron chi connectivity index (χ0n) is 20.3. The number of fused-ring (bicyclic) bond motifs is 1. The fraction of sp³-hybridized carbons (Fsp3) is 0.0667. The molecule has 0 saturated heterocycles. The molecule has 0 unspecified atom stereocenters. The zero-order chi connectivity index (χ0) is 25.5. The Kier molecular flexibility index (Phi) is 6.02. The van der Waals surface area contributed by atoms with Crippen LogP contribution in [0.2, 0.25) is 0 Å². The number of hydrogen-bond acceptors (Lipinski definition) is 3. The molecule has 2 heterocycles. The molecule has 0 saturated carbocycles. The monoisotopic (exact) mass is 566 g/mol. The molecule has 0 radical (unpaired) electrons. The highest BCUT2D eigenvalue weighted by Crippen LogP contribution is 2.27. The molecule has 0 amide bonds. The maximum Gasteiger partial charge on any atom is 0.296 e. The number of para-hydroxylation sites is 1. The Bertz CT molecular complexity index is 1880. The third kappa shape index (κ3) is 4.20. The van der Waals surface area contributed by atoms with Crippen LogP contribution in [0, 0.1) is 6.92 Å². The molecule has 6 rings (SSSR count). The van der Waals surface area contributed by atoms with Crippen LogP contribution in [-0.2, 0) is 7.05 Å². The van der Waals surface area contributed by atoms with Crippen molar-refractivity contribution in [1.82, 2.24) is 13.9 Å². The van der Waals surface area contributed by atoms with E-state index in [0.29, 0.717) is 5.69 Å². The van der Waals surface area contributed by atoms with Crippen molar-refractivity contribution in [3.05, 3.63) is 128 Å². The third-order valence-electron chi connectivity index (χ3n) is 6.55. The Balaban J connectivity index is 1.64. The van der Waals surface area contributed by atoms with Gasteiger partial charge in [-0.15, -0.1) is 11.3 Å². The van der Waals surface area contributed by atoms with E-state index in [2.05, 4.69) is 57.7 Å². The lowest BCUT2D eigenvalue weighted by Crippen LogP contribution is -2.24. The summed E-state index contributed by atoms with van der Waals surface area (Å²) in [7, 11) is 1.92. The fourth-order valence-electron chi connectivity index (χ4n) is 4.60. The zero-order valence-corrected chi connectivity index (χ0v) is 22.7. The summed E-state index contributed by atoms with van der Waals surface area (Å²) in [6.07, 6.45) is 0. The largest absolute Gasteiger partial charge is 0.296 e. The van der Waals surface area contributed by atoms with Crippen LogP contribution in [0.25, 0.3) is 33.4 Å². The van der Waals surface area contributed by atoms with E-state index >= 15 is 0 Å². The average molecular weight is 568 g/mol. The van der Waals surface area contributed by atoms with E-state index in [1.165, 1.54) is 16.7 Å². The summed E-state index contributed by atoms with van der Waals surface area (Å²) >= 11 is 5.06. The average Bonchev–Trinajstić information content (AvgIpc) is 3.41. The highest BCUT2D eigenvalue weighted by molar-refractivity contribution is 9.10. The van der Waals surface area contributed by atoms with E-state index < -0.39 is 0 Å². The first kappa shape index (κ1) is 23.5. The summed E-state index contributed by atoms with van der Waals surface area (Å²) in [6.45, 7) is 1.98. The van der Waals surface area contributed by atoms with Crippen molar-refractivity contribution in [3.63, 3.8) is 0 Å². The molecule has 0 fully saturated rings. The van der Waals surface area contributed by atoms with Crippen molar-refractivity contribution >= 4 is 43.7 Å². The van der Waals surface area contributed by atoms with Gasteiger partial charge < -0.3 is 0 Å². The summed E-state index contributed by atoms with van der Waals surface area (Å²) in [4.78, 5) is 19.8. The molecule has 0 spiro atoms. The van der Waals surface area contributed by atoms with E-state index in [9.17, 15) is 4.79 Å². The maximum absolute atomic E-state index is 14.0. The molecular weight excluding hydrogens is 544 g/mol. The third-order valence-corrected chi connectivity index (χ3v) is 7.91. The van der Waals surface area contributed by atoms with E-state index in [-0.39, 0.29) is 5.56 Å². The molecule has 6 aromatic rings. The van der Waals surface area contributed by atoms with Gasteiger partial charge in [-0.1, -0.05) is 76.6 Å². The standard InChI is InChI=1S/C30H23BrN4OS/c1-20-28(29(36)35(33(20)2)26-10-4-3-5-11-26)34-27(22-12-15-24(31)16-13-22)19-37-30(34)32-25-17-14-21-8-6-7-9-23(21)18-25/h3-19H,1-2H3. The second-order valence-electron chi connectivity index (χ2n) is 8.80. The molecule has 37 heavy (non-hydrogen) atoms. The molecule has 0 bridgehead atoms. The van der Waals surface area contributed by atoms with Gasteiger partial charge in [-0.05, 0) is 59.7 Å². The number of benzene rings is 4. The van der Waals surface area contributed by atoms with Crippen LogP contribution in [0.4, 0.5) is 5.69 Å². The van der Waals surface area contributed by atoms with Gasteiger partial charge >= 0.3 is 0 Å².